The number of nitro groups is 1. The number of nitrogens with zero attached hydrogens (tertiary/aromatic N) is 2. The number of Topliss-reactive ketones (excluding diaryl/α,β-unsaturated/α-hetero) is 1. The van der Waals surface area contributed by atoms with Crippen LogP contribution in [0.4, 0.5) is 11.4 Å². The van der Waals surface area contributed by atoms with E-state index in [1.54, 1.807) is 0 Å². The Kier molecular flexibility index (Phi) is 3.42. The van der Waals surface area contributed by atoms with Crippen molar-refractivity contribution >= 4 is 23.1 Å². The molecule has 7 heteroatoms. The van der Waals surface area contributed by atoms with Crippen molar-refractivity contribution in [2.24, 2.45) is 0 Å². The number of hydrogen-bond donors (Lipinski definition) is 0. The van der Waals surface area contributed by atoms with Crippen LogP contribution in [-0.4, -0.2) is 35.9 Å². The molecule has 0 saturated carbocycles. The van der Waals surface area contributed by atoms with Crippen LogP contribution < -0.4 is 4.90 Å². The molecule has 1 saturated heterocycles. The van der Waals surface area contributed by atoms with E-state index in [9.17, 15) is 19.7 Å². The minimum atomic E-state index is -0.680. The maximum Gasteiger partial charge on any atom is 0.299 e. The SMILES string of the molecule is O=C1C(=O)N(CCC2CCCO2)c2ccc([N+](=O)[O-])cc21. The zero-order valence-electron chi connectivity index (χ0n) is 11.3. The second kappa shape index (κ2) is 5.25. The van der Waals surface area contributed by atoms with Crippen LogP contribution in [0, 0.1) is 10.1 Å². The lowest BCUT2D eigenvalue weighted by Gasteiger charge is -2.18. The van der Waals surface area contributed by atoms with Crippen molar-refractivity contribution in [3.8, 4) is 0 Å². The highest BCUT2D eigenvalue weighted by Crippen LogP contribution is 2.32. The van der Waals surface area contributed by atoms with Gasteiger partial charge in [-0.05, 0) is 25.3 Å². The van der Waals surface area contributed by atoms with Crippen LogP contribution in [0.3, 0.4) is 0 Å². The number of hydrogen-bond acceptors (Lipinski definition) is 5. The lowest BCUT2D eigenvalue weighted by molar-refractivity contribution is -0.384. The molecule has 0 spiro atoms. The van der Waals surface area contributed by atoms with Gasteiger partial charge in [-0.1, -0.05) is 0 Å². The van der Waals surface area contributed by atoms with E-state index in [0.29, 0.717) is 18.7 Å². The highest BCUT2D eigenvalue weighted by molar-refractivity contribution is 6.52. The molecule has 1 amide bonds. The summed E-state index contributed by atoms with van der Waals surface area (Å²) >= 11 is 0. The van der Waals surface area contributed by atoms with Gasteiger partial charge in [-0.25, -0.2) is 0 Å². The first-order valence-electron chi connectivity index (χ1n) is 6.84. The summed E-state index contributed by atoms with van der Waals surface area (Å²) in [6.45, 7) is 1.13. The molecule has 3 rings (SSSR count). The zero-order chi connectivity index (χ0) is 15.0. The van der Waals surface area contributed by atoms with Crippen LogP contribution in [0.25, 0.3) is 0 Å². The molecule has 1 atom stereocenters. The summed E-state index contributed by atoms with van der Waals surface area (Å²) in [5.74, 6) is -1.30. The summed E-state index contributed by atoms with van der Waals surface area (Å²) in [5, 5.41) is 10.7. The summed E-state index contributed by atoms with van der Waals surface area (Å²) in [6.07, 6.45) is 2.76. The summed E-state index contributed by atoms with van der Waals surface area (Å²) < 4.78 is 5.50. The third-order valence-electron chi connectivity index (χ3n) is 3.86. The third kappa shape index (κ3) is 2.40. The summed E-state index contributed by atoms with van der Waals surface area (Å²) in [5.41, 5.74) is 0.381. The van der Waals surface area contributed by atoms with Crippen LogP contribution in [0.5, 0.6) is 0 Å². The molecule has 0 radical (unpaired) electrons. The van der Waals surface area contributed by atoms with Crippen molar-refractivity contribution in [2.75, 3.05) is 18.1 Å². The molecule has 0 aliphatic carbocycles. The number of anilines is 1. The molecule has 2 aliphatic rings. The minimum Gasteiger partial charge on any atom is -0.378 e. The van der Waals surface area contributed by atoms with Crippen molar-refractivity contribution in [1.82, 2.24) is 0 Å². The van der Waals surface area contributed by atoms with Gasteiger partial charge in [0.15, 0.2) is 0 Å². The van der Waals surface area contributed by atoms with Crippen LogP contribution in [0.15, 0.2) is 18.2 Å². The Bertz CT molecular complexity index is 622. The maximum atomic E-state index is 12.0. The Morgan fingerprint density at radius 2 is 2.19 bits per heavy atom. The van der Waals surface area contributed by atoms with E-state index in [1.165, 1.54) is 23.1 Å². The van der Waals surface area contributed by atoms with E-state index in [2.05, 4.69) is 0 Å². The largest absolute Gasteiger partial charge is 0.378 e. The molecule has 0 N–H and O–H groups in total. The molecule has 2 aliphatic heterocycles. The van der Waals surface area contributed by atoms with E-state index in [0.717, 1.165) is 19.4 Å². The molecule has 0 aromatic heterocycles. The molecule has 1 unspecified atom stereocenters. The monoisotopic (exact) mass is 290 g/mol. The molecule has 1 aromatic rings. The van der Waals surface area contributed by atoms with Crippen LogP contribution in [0.1, 0.15) is 29.6 Å². The van der Waals surface area contributed by atoms with Gasteiger partial charge in [0.1, 0.15) is 0 Å². The van der Waals surface area contributed by atoms with Gasteiger partial charge in [-0.3, -0.25) is 19.7 Å². The fourth-order valence-corrected chi connectivity index (χ4v) is 2.77. The number of ether oxygens (including phenoxy) is 1. The second-order valence-electron chi connectivity index (χ2n) is 5.17. The highest BCUT2D eigenvalue weighted by Gasteiger charge is 2.37. The van der Waals surface area contributed by atoms with Gasteiger partial charge in [-0.15, -0.1) is 0 Å². The average molecular weight is 290 g/mol. The molecular weight excluding hydrogens is 276 g/mol. The van der Waals surface area contributed by atoms with E-state index < -0.39 is 16.6 Å². The molecule has 110 valence electrons. The van der Waals surface area contributed by atoms with E-state index in [1.807, 2.05) is 0 Å². The smallest absolute Gasteiger partial charge is 0.299 e. The third-order valence-corrected chi connectivity index (χ3v) is 3.86. The molecule has 1 aromatic carbocycles. The van der Waals surface area contributed by atoms with Gasteiger partial charge in [0, 0.05) is 25.3 Å². The first-order chi connectivity index (χ1) is 10.1. The van der Waals surface area contributed by atoms with Gasteiger partial charge in [0.05, 0.1) is 22.3 Å². The Hall–Kier alpha value is -2.28. The second-order valence-corrected chi connectivity index (χ2v) is 5.17. The lowest BCUT2D eigenvalue weighted by atomic mass is 10.1. The van der Waals surface area contributed by atoms with Crippen LogP contribution >= 0.6 is 0 Å². The van der Waals surface area contributed by atoms with E-state index in [4.69, 9.17) is 4.74 Å². The molecule has 21 heavy (non-hydrogen) atoms. The Labute approximate surface area is 120 Å². The van der Waals surface area contributed by atoms with Crippen molar-refractivity contribution in [2.45, 2.75) is 25.4 Å². The zero-order valence-corrected chi connectivity index (χ0v) is 11.3. The van der Waals surface area contributed by atoms with E-state index >= 15 is 0 Å². The first kappa shape index (κ1) is 13.7. The predicted octanol–water partition coefficient (Wildman–Crippen LogP) is 1.69. The first-order valence-corrected chi connectivity index (χ1v) is 6.84. The number of benzene rings is 1. The maximum absolute atomic E-state index is 12.0. The van der Waals surface area contributed by atoms with Gasteiger partial charge in [0.25, 0.3) is 17.4 Å². The minimum absolute atomic E-state index is 0.113. The Morgan fingerprint density at radius 3 is 2.86 bits per heavy atom. The summed E-state index contributed by atoms with van der Waals surface area (Å²) in [6, 6.07) is 3.94. The molecule has 0 bridgehead atoms. The highest BCUT2D eigenvalue weighted by atomic mass is 16.6. The average Bonchev–Trinajstić information content (AvgIpc) is 3.06. The number of nitro benzene ring substituents is 1. The fourth-order valence-electron chi connectivity index (χ4n) is 2.77. The number of fused-ring (bicyclic) bond motifs is 1. The topological polar surface area (TPSA) is 89.8 Å². The van der Waals surface area contributed by atoms with Crippen molar-refractivity contribution in [1.29, 1.82) is 0 Å². The van der Waals surface area contributed by atoms with Gasteiger partial charge in [0.2, 0.25) is 0 Å². The number of ketones is 1. The van der Waals surface area contributed by atoms with Crippen LogP contribution in [-0.2, 0) is 9.53 Å². The number of amides is 1. The van der Waals surface area contributed by atoms with Gasteiger partial charge >= 0.3 is 0 Å². The summed E-state index contributed by atoms with van der Waals surface area (Å²) in [7, 11) is 0. The predicted molar refractivity (Wildman–Crippen MR) is 73.4 cm³/mol. The normalized spacial score (nSPS) is 21.0. The van der Waals surface area contributed by atoms with E-state index in [-0.39, 0.29) is 17.4 Å². The molecule has 7 nitrogen and oxygen atoms in total. The fraction of sp³-hybridized carbons (Fsp3) is 0.429. The molecular formula is C14H14N2O5. The molecule has 2 heterocycles. The Balaban J connectivity index is 1.82. The summed E-state index contributed by atoms with van der Waals surface area (Å²) in [4.78, 5) is 35.5. The number of non-ortho nitro benzene ring substituents is 1. The van der Waals surface area contributed by atoms with Crippen molar-refractivity contribution in [3.05, 3.63) is 33.9 Å². The number of carbonyl (C=O) groups excluding carboxylic acids is 2. The standard InChI is InChI=1S/C14H14N2O5/c17-13-11-8-9(16(19)20)3-4-12(11)15(14(13)18)6-5-10-2-1-7-21-10/h3-4,8,10H,1-2,5-7H2. The van der Waals surface area contributed by atoms with Crippen molar-refractivity contribution < 1.29 is 19.2 Å². The van der Waals surface area contributed by atoms with Gasteiger partial charge < -0.3 is 9.64 Å². The lowest BCUT2D eigenvalue weighted by Crippen LogP contribution is -2.32. The Morgan fingerprint density at radius 1 is 1.38 bits per heavy atom. The number of rotatable bonds is 4. The quantitative estimate of drug-likeness (QED) is 0.478. The van der Waals surface area contributed by atoms with Crippen LogP contribution in [0.2, 0.25) is 0 Å². The van der Waals surface area contributed by atoms with Crippen molar-refractivity contribution in [3.63, 3.8) is 0 Å². The number of carbonyl (C=O) groups is 2. The molecule has 1 fully saturated rings. The van der Waals surface area contributed by atoms with Gasteiger partial charge in [-0.2, -0.15) is 0 Å².